The summed E-state index contributed by atoms with van der Waals surface area (Å²) in [5, 5.41) is 0. The lowest BCUT2D eigenvalue weighted by Crippen LogP contribution is -2.61. The smallest absolute Gasteiger partial charge is 0.327 e. The molecule has 2 rings (SSSR count). The van der Waals surface area contributed by atoms with Gasteiger partial charge in [0, 0.05) is 7.05 Å². The normalized spacial score (nSPS) is 24.6. The number of hydrogen-bond acceptors (Lipinski definition) is 1. The third kappa shape index (κ3) is 1.03. The standard InChI is InChI=1S/C10H9F2NO/c1-13-8(10(11,12)9(13)14)7-5-3-2-4-6-7/h2-6,8H,1H3. The zero-order chi connectivity index (χ0) is 10.3. The molecule has 2 nitrogen and oxygen atoms in total. The van der Waals surface area contributed by atoms with Crippen molar-refractivity contribution < 1.29 is 13.6 Å². The number of β-lactam (4-membered cyclic amide) rings is 1. The molecule has 0 N–H and O–H groups in total. The fourth-order valence-corrected chi connectivity index (χ4v) is 1.71. The molecular formula is C10H9F2NO. The molecular weight excluding hydrogens is 188 g/mol. The van der Waals surface area contributed by atoms with Crippen LogP contribution in [0.15, 0.2) is 30.3 Å². The minimum atomic E-state index is -3.24. The molecule has 0 radical (unpaired) electrons. The maximum atomic E-state index is 13.1. The minimum Gasteiger partial charge on any atom is -0.327 e. The van der Waals surface area contributed by atoms with Gasteiger partial charge in [-0.1, -0.05) is 30.3 Å². The molecule has 1 aromatic rings. The average Bonchev–Trinajstić information content (AvgIpc) is 2.18. The summed E-state index contributed by atoms with van der Waals surface area (Å²) in [4.78, 5) is 11.9. The lowest BCUT2D eigenvalue weighted by atomic mass is 9.91. The monoisotopic (exact) mass is 197 g/mol. The van der Waals surface area contributed by atoms with Gasteiger partial charge in [0.1, 0.15) is 6.04 Å². The van der Waals surface area contributed by atoms with Gasteiger partial charge in [-0.2, -0.15) is 8.78 Å². The molecule has 1 saturated heterocycles. The molecule has 0 aromatic heterocycles. The summed E-state index contributed by atoms with van der Waals surface area (Å²) >= 11 is 0. The van der Waals surface area contributed by atoms with E-state index in [4.69, 9.17) is 0 Å². The molecule has 1 unspecified atom stereocenters. The van der Waals surface area contributed by atoms with Gasteiger partial charge >= 0.3 is 5.92 Å². The second-order valence-electron chi connectivity index (χ2n) is 3.35. The molecule has 1 aliphatic heterocycles. The highest BCUT2D eigenvalue weighted by Crippen LogP contribution is 2.45. The largest absolute Gasteiger partial charge is 0.348 e. The maximum absolute atomic E-state index is 13.1. The second-order valence-corrected chi connectivity index (χ2v) is 3.35. The van der Waals surface area contributed by atoms with Crippen molar-refractivity contribution in [2.24, 2.45) is 0 Å². The molecule has 1 amide bonds. The highest BCUT2D eigenvalue weighted by atomic mass is 19.3. The number of carbonyl (C=O) groups excluding carboxylic acids is 1. The summed E-state index contributed by atoms with van der Waals surface area (Å²) in [7, 11) is 1.39. The van der Waals surface area contributed by atoms with Gasteiger partial charge in [0.05, 0.1) is 0 Å². The van der Waals surface area contributed by atoms with Gasteiger partial charge in [-0.25, -0.2) is 0 Å². The van der Waals surface area contributed by atoms with E-state index >= 15 is 0 Å². The van der Waals surface area contributed by atoms with E-state index in [1.807, 2.05) is 0 Å². The maximum Gasteiger partial charge on any atom is 0.348 e. The SMILES string of the molecule is CN1C(=O)C(F)(F)C1c1ccccc1. The fourth-order valence-electron chi connectivity index (χ4n) is 1.71. The molecule has 1 aromatic carbocycles. The molecule has 74 valence electrons. The summed E-state index contributed by atoms with van der Waals surface area (Å²) in [6.07, 6.45) is 0. The van der Waals surface area contributed by atoms with E-state index in [-0.39, 0.29) is 0 Å². The van der Waals surface area contributed by atoms with E-state index in [2.05, 4.69) is 0 Å². The number of alkyl halides is 2. The van der Waals surface area contributed by atoms with Gasteiger partial charge < -0.3 is 4.90 Å². The third-order valence-corrected chi connectivity index (χ3v) is 2.45. The lowest BCUT2D eigenvalue weighted by Gasteiger charge is -2.44. The number of amides is 1. The van der Waals surface area contributed by atoms with Gasteiger partial charge in [0.2, 0.25) is 0 Å². The molecule has 4 heteroatoms. The van der Waals surface area contributed by atoms with Crippen molar-refractivity contribution >= 4 is 5.91 Å². The molecule has 0 spiro atoms. The third-order valence-electron chi connectivity index (χ3n) is 2.45. The van der Waals surface area contributed by atoms with Crippen LogP contribution < -0.4 is 0 Å². The van der Waals surface area contributed by atoms with E-state index in [1.54, 1.807) is 30.3 Å². The Bertz CT molecular complexity index is 364. The van der Waals surface area contributed by atoms with E-state index in [1.165, 1.54) is 7.05 Å². The van der Waals surface area contributed by atoms with Crippen LogP contribution in [0.3, 0.4) is 0 Å². The van der Waals surface area contributed by atoms with Crippen LogP contribution in [-0.4, -0.2) is 23.8 Å². The summed E-state index contributed by atoms with van der Waals surface area (Å²) in [6, 6.07) is 7.21. The number of rotatable bonds is 1. The first-order chi connectivity index (χ1) is 6.55. The van der Waals surface area contributed by atoms with E-state index in [0.29, 0.717) is 5.56 Å². The summed E-state index contributed by atoms with van der Waals surface area (Å²) < 4.78 is 26.3. The molecule has 1 fully saturated rings. The van der Waals surface area contributed by atoms with Crippen LogP contribution in [0.5, 0.6) is 0 Å². The van der Waals surface area contributed by atoms with E-state index in [0.717, 1.165) is 4.90 Å². The van der Waals surface area contributed by atoms with Crippen LogP contribution >= 0.6 is 0 Å². The first-order valence-electron chi connectivity index (χ1n) is 4.25. The van der Waals surface area contributed by atoms with Gasteiger partial charge in [-0.15, -0.1) is 0 Å². The Morgan fingerprint density at radius 2 is 1.86 bits per heavy atom. The molecule has 1 heterocycles. The van der Waals surface area contributed by atoms with Crippen molar-refractivity contribution in [3.05, 3.63) is 35.9 Å². The predicted molar refractivity (Wildman–Crippen MR) is 46.9 cm³/mol. The highest BCUT2D eigenvalue weighted by Gasteiger charge is 2.62. The first kappa shape index (κ1) is 9.12. The van der Waals surface area contributed by atoms with Crippen LogP contribution in [0.4, 0.5) is 8.78 Å². The number of nitrogens with zero attached hydrogens (tertiary/aromatic N) is 1. The lowest BCUT2D eigenvalue weighted by molar-refractivity contribution is -0.201. The van der Waals surface area contributed by atoms with Crippen LogP contribution in [0.25, 0.3) is 0 Å². The molecule has 0 saturated carbocycles. The van der Waals surface area contributed by atoms with Crippen molar-refractivity contribution in [3.63, 3.8) is 0 Å². The van der Waals surface area contributed by atoms with E-state index < -0.39 is 17.9 Å². The van der Waals surface area contributed by atoms with Crippen molar-refractivity contribution in [1.29, 1.82) is 0 Å². The molecule has 1 aliphatic rings. The molecule has 0 bridgehead atoms. The van der Waals surface area contributed by atoms with Crippen molar-refractivity contribution in [3.8, 4) is 0 Å². The van der Waals surface area contributed by atoms with Crippen molar-refractivity contribution in [2.45, 2.75) is 12.0 Å². The first-order valence-corrected chi connectivity index (χ1v) is 4.25. The Hall–Kier alpha value is -1.45. The Morgan fingerprint density at radius 1 is 1.29 bits per heavy atom. The Balaban J connectivity index is 2.34. The Labute approximate surface area is 80.1 Å². The summed E-state index contributed by atoms with van der Waals surface area (Å²) in [5.74, 6) is -4.35. The van der Waals surface area contributed by atoms with Gasteiger partial charge in [0.25, 0.3) is 5.91 Å². The Morgan fingerprint density at radius 3 is 2.36 bits per heavy atom. The quantitative estimate of drug-likeness (QED) is 0.629. The number of likely N-dealkylation sites (tertiary alicyclic amines) is 1. The number of halogens is 2. The summed E-state index contributed by atoms with van der Waals surface area (Å²) in [6.45, 7) is 0. The van der Waals surface area contributed by atoms with Gasteiger partial charge in [-0.05, 0) is 5.56 Å². The average molecular weight is 197 g/mol. The second kappa shape index (κ2) is 2.77. The van der Waals surface area contributed by atoms with Crippen molar-refractivity contribution in [1.82, 2.24) is 4.90 Å². The topological polar surface area (TPSA) is 20.3 Å². The molecule has 14 heavy (non-hydrogen) atoms. The van der Waals surface area contributed by atoms with Gasteiger partial charge in [-0.3, -0.25) is 4.79 Å². The number of carbonyl (C=O) groups is 1. The van der Waals surface area contributed by atoms with Crippen LogP contribution in [-0.2, 0) is 4.79 Å². The minimum absolute atomic E-state index is 0.472. The van der Waals surface area contributed by atoms with Gasteiger partial charge in [0.15, 0.2) is 0 Å². The summed E-state index contributed by atoms with van der Waals surface area (Å²) in [5.41, 5.74) is 0.472. The Kier molecular flexibility index (Phi) is 1.80. The zero-order valence-electron chi connectivity index (χ0n) is 7.58. The fraction of sp³-hybridized carbons (Fsp3) is 0.300. The van der Waals surface area contributed by atoms with Crippen LogP contribution in [0.1, 0.15) is 11.6 Å². The number of hydrogen-bond donors (Lipinski definition) is 0. The van der Waals surface area contributed by atoms with Crippen molar-refractivity contribution in [2.75, 3.05) is 7.05 Å². The van der Waals surface area contributed by atoms with Crippen LogP contribution in [0.2, 0.25) is 0 Å². The molecule has 0 aliphatic carbocycles. The van der Waals surface area contributed by atoms with E-state index in [9.17, 15) is 13.6 Å². The highest BCUT2D eigenvalue weighted by molar-refractivity contribution is 5.91. The van der Waals surface area contributed by atoms with Crippen LogP contribution in [0, 0.1) is 0 Å². The zero-order valence-corrected chi connectivity index (χ0v) is 7.58. The number of benzene rings is 1. The molecule has 1 atom stereocenters. The predicted octanol–water partition coefficient (Wildman–Crippen LogP) is 1.83.